The second kappa shape index (κ2) is 4.93. The predicted octanol–water partition coefficient (Wildman–Crippen LogP) is 2.80. The Morgan fingerprint density at radius 1 is 1.35 bits per heavy atom. The van der Waals surface area contributed by atoms with Gasteiger partial charge in [-0.25, -0.2) is 0 Å². The molecule has 1 aliphatic carbocycles. The third-order valence-corrected chi connectivity index (χ3v) is 4.64. The van der Waals surface area contributed by atoms with E-state index in [9.17, 15) is 9.59 Å². The van der Waals surface area contributed by atoms with E-state index in [0.29, 0.717) is 5.92 Å². The van der Waals surface area contributed by atoms with Crippen LogP contribution < -0.4 is 5.32 Å². The van der Waals surface area contributed by atoms with Gasteiger partial charge in [0.25, 0.3) is 0 Å². The maximum atomic E-state index is 12.1. The molecule has 2 aliphatic rings. The molecule has 0 bridgehead atoms. The Kier molecular flexibility index (Phi) is 3.24. The van der Waals surface area contributed by atoms with Gasteiger partial charge in [0.2, 0.25) is 5.91 Å². The van der Waals surface area contributed by atoms with Crippen LogP contribution in [0.4, 0.5) is 5.69 Å². The zero-order chi connectivity index (χ0) is 14.3. The number of benzene rings is 1. The quantitative estimate of drug-likeness (QED) is 0.843. The number of anilines is 1. The van der Waals surface area contributed by atoms with Crippen LogP contribution in [0.1, 0.15) is 49.1 Å². The van der Waals surface area contributed by atoms with Gasteiger partial charge in [-0.1, -0.05) is 18.6 Å². The molecule has 1 heterocycles. The Bertz CT molecular complexity index is 567. The van der Waals surface area contributed by atoms with E-state index in [2.05, 4.69) is 11.4 Å². The average Bonchev–Trinajstić information content (AvgIpc) is 2.95. The van der Waals surface area contributed by atoms with Crippen LogP contribution in [0.3, 0.4) is 0 Å². The van der Waals surface area contributed by atoms with Gasteiger partial charge in [0.1, 0.15) is 0 Å². The van der Waals surface area contributed by atoms with Crippen LogP contribution in [0.2, 0.25) is 0 Å². The fourth-order valence-corrected chi connectivity index (χ4v) is 3.46. The molecule has 3 atom stereocenters. The van der Waals surface area contributed by atoms with Crippen molar-refractivity contribution in [3.8, 4) is 0 Å². The smallest absolute Gasteiger partial charge is 0.312 e. The minimum Gasteiger partial charge on any atom is -0.469 e. The molecule has 0 saturated heterocycles. The molecule has 1 amide bonds. The molecule has 4 nitrogen and oxygen atoms in total. The zero-order valence-corrected chi connectivity index (χ0v) is 11.8. The highest BCUT2D eigenvalue weighted by Crippen LogP contribution is 2.46. The van der Waals surface area contributed by atoms with Gasteiger partial charge in [0, 0.05) is 11.6 Å². The van der Waals surface area contributed by atoms with Crippen LogP contribution in [0.15, 0.2) is 18.2 Å². The van der Waals surface area contributed by atoms with Crippen LogP contribution in [0.25, 0.3) is 0 Å². The van der Waals surface area contributed by atoms with E-state index in [4.69, 9.17) is 4.74 Å². The summed E-state index contributed by atoms with van der Waals surface area (Å²) in [5.41, 5.74) is 2.96. The molecular formula is C16H19NO3. The number of esters is 1. The maximum Gasteiger partial charge on any atom is 0.312 e. The molecule has 0 spiro atoms. The summed E-state index contributed by atoms with van der Waals surface area (Å²) in [5.74, 6) is 0.0322. The van der Waals surface area contributed by atoms with E-state index in [0.717, 1.165) is 30.5 Å². The number of hydrogen-bond acceptors (Lipinski definition) is 3. The Morgan fingerprint density at radius 3 is 2.85 bits per heavy atom. The van der Waals surface area contributed by atoms with Gasteiger partial charge in [-0.2, -0.15) is 0 Å². The number of hydrogen-bond donors (Lipinski definition) is 1. The standard InChI is InChI=1S/C16H19NO3/c1-9(16(19)20-2)10-6-7-12-11-4-3-5-13(11)15(18)17-14(12)8-10/h6-9,11,13H,3-5H2,1-2H3,(H,17,18). The number of carbonyl (C=O) groups excluding carboxylic acids is 2. The van der Waals surface area contributed by atoms with Gasteiger partial charge >= 0.3 is 5.97 Å². The molecule has 4 heteroatoms. The summed E-state index contributed by atoms with van der Waals surface area (Å²) in [6, 6.07) is 5.96. The van der Waals surface area contributed by atoms with Gasteiger partial charge in [-0.15, -0.1) is 0 Å². The summed E-state index contributed by atoms with van der Waals surface area (Å²) in [4.78, 5) is 23.7. The molecule has 0 radical (unpaired) electrons. The van der Waals surface area contributed by atoms with Crippen LogP contribution in [0.5, 0.6) is 0 Å². The summed E-state index contributed by atoms with van der Waals surface area (Å²) in [6.07, 6.45) is 3.18. The highest BCUT2D eigenvalue weighted by Gasteiger charge is 2.39. The lowest BCUT2D eigenvalue weighted by molar-refractivity contribution is -0.142. The van der Waals surface area contributed by atoms with Crippen molar-refractivity contribution in [2.75, 3.05) is 12.4 Å². The monoisotopic (exact) mass is 273 g/mol. The van der Waals surface area contributed by atoms with Gasteiger partial charge in [-0.3, -0.25) is 9.59 Å². The molecule has 1 fully saturated rings. The summed E-state index contributed by atoms with van der Waals surface area (Å²) in [5, 5.41) is 2.99. The van der Waals surface area contributed by atoms with Crippen molar-refractivity contribution in [2.45, 2.75) is 38.0 Å². The van der Waals surface area contributed by atoms with E-state index in [1.54, 1.807) is 0 Å². The van der Waals surface area contributed by atoms with Crippen LogP contribution >= 0.6 is 0 Å². The van der Waals surface area contributed by atoms with E-state index >= 15 is 0 Å². The van der Waals surface area contributed by atoms with Crippen molar-refractivity contribution in [2.24, 2.45) is 5.92 Å². The topological polar surface area (TPSA) is 55.4 Å². The van der Waals surface area contributed by atoms with Crippen molar-refractivity contribution >= 4 is 17.6 Å². The molecule has 3 rings (SSSR count). The Morgan fingerprint density at radius 2 is 2.10 bits per heavy atom. The Hall–Kier alpha value is -1.84. The number of ether oxygens (including phenoxy) is 1. The first kappa shape index (κ1) is 13.2. The van der Waals surface area contributed by atoms with Crippen LogP contribution in [0, 0.1) is 5.92 Å². The van der Waals surface area contributed by atoms with Gasteiger partial charge in [0.15, 0.2) is 0 Å². The number of nitrogens with one attached hydrogen (secondary N) is 1. The first-order valence-electron chi connectivity index (χ1n) is 7.14. The maximum absolute atomic E-state index is 12.1. The highest BCUT2D eigenvalue weighted by atomic mass is 16.5. The van der Waals surface area contributed by atoms with Crippen molar-refractivity contribution in [3.63, 3.8) is 0 Å². The number of fused-ring (bicyclic) bond motifs is 3. The molecule has 106 valence electrons. The van der Waals surface area contributed by atoms with E-state index in [1.807, 2.05) is 19.1 Å². The Labute approximate surface area is 118 Å². The SMILES string of the molecule is COC(=O)C(C)c1ccc2c(c1)NC(=O)C1CCCC21. The zero-order valence-electron chi connectivity index (χ0n) is 11.8. The van der Waals surface area contributed by atoms with Gasteiger partial charge in [0.05, 0.1) is 13.0 Å². The van der Waals surface area contributed by atoms with Crippen molar-refractivity contribution < 1.29 is 14.3 Å². The first-order chi connectivity index (χ1) is 9.61. The lowest BCUT2D eigenvalue weighted by Gasteiger charge is -2.29. The van der Waals surface area contributed by atoms with Crippen molar-refractivity contribution in [3.05, 3.63) is 29.3 Å². The third kappa shape index (κ3) is 1.99. The normalized spacial score (nSPS) is 25.4. The molecule has 1 aromatic rings. The summed E-state index contributed by atoms with van der Waals surface area (Å²) in [7, 11) is 1.39. The summed E-state index contributed by atoms with van der Waals surface area (Å²) >= 11 is 0. The Balaban J connectivity index is 1.96. The molecule has 3 unspecified atom stereocenters. The molecular weight excluding hydrogens is 254 g/mol. The number of carbonyl (C=O) groups is 2. The minimum absolute atomic E-state index is 0.128. The lowest BCUT2D eigenvalue weighted by atomic mass is 9.83. The molecule has 1 N–H and O–H groups in total. The number of amides is 1. The molecule has 1 saturated carbocycles. The first-order valence-corrected chi connectivity index (χ1v) is 7.14. The van der Waals surface area contributed by atoms with Crippen LogP contribution in [-0.4, -0.2) is 19.0 Å². The second-order valence-electron chi connectivity index (χ2n) is 5.72. The molecule has 1 aromatic carbocycles. The number of methoxy groups -OCH3 is 1. The second-order valence-corrected chi connectivity index (χ2v) is 5.72. The van der Waals surface area contributed by atoms with Gasteiger partial charge in [-0.05, 0) is 42.9 Å². The van der Waals surface area contributed by atoms with Crippen molar-refractivity contribution in [1.82, 2.24) is 0 Å². The fourth-order valence-electron chi connectivity index (χ4n) is 3.46. The predicted molar refractivity (Wildman–Crippen MR) is 75.6 cm³/mol. The minimum atomic E-state index is -0.316. The fraction of sp³-hybridized carbons (Fsp3) is 0.500. The highest BCUT2D eigenvalue weighted by molar-refractivity contribution is 5.97. The van der Waals surface area contributed by atoms with Crippen LogP contribution in [-0.2, 0) is 14.3 Å². The van der Waals surface area contributed by atoms with E-state index < -0.39 is 0 Å². The summed E-state index contributed by atoms with van der Waals surface area (Å²) in [6.45, 7) is 1.82. The summed E-state index contributed by atoms with van der Waals surface area (Å²) < 4.78 is 4.77. The third-order valence-electron chi connectivity index (χ3n) is 4.64. The number of rotatable bonds is 2. The van der Waals surface area contributed by atoms with E-state index in [1.165, 1.54) is 12.7 Å². The molecule has 1 aliphatic heterocycles. The van der Waals surface area contributed by atoms with Crippen molar-refractivity contribution in [1.29, 1.82) is 0 Å². The molecule has 20 heavy (non-hydrogen) atoms. The molecule has 0 aromatic heterocycles. The average molecular weight is 273 g/mol. The largest absolute Gasteiger partial charge is 0.469 e. The van der Waals surface area contributed by atoms with Gasteiger partial charge < -0.3 is 10.1 Å². The lowest BCUT2D eigenvalue weighted by Crippen LogP contribution is -2.30. The van der Waals surface area contributed by atoms with E-state index in [-0.39, 0.29) is 23.7 Å².